The van der Waals surface area contributed by atoms with Gasteiger partial charge in [-0.1, -0.05) is 18.5 Å². The first-order chi connectivity index (χ1) is 7.93. The van der Waals surface area contributed by atoms with Gasteiger partial charge in [-0.3, -0.25) is 20.1 Å². The summed E-state index contributed by atoms with van der Waals surface area (Å²) in [5, 5.41) is 17.6. The Kier molecular flexibility index (Phi) is 4.42. The molecule has 1 amide bonds. The van der Waals surface area contributed by atoms with Crippen LogP contribution >= 0.6 is 11.6 Å². The van der Waals surface area contributed by atoms with Crippen LogP contribution in [0, 0.1) is 5.41 Å². The van der Waals surface area contributed by atoms with Crippen LogP contribution in [-0.4, -0.2) is 40.7 Å². The van der Waals surface area contributed by atoms with Crippen LogP contribution in [0.25, 0.3) is 0 Å². The molecule has 1 unspecified atom stereocenters. The number of nitrogens with one attached hydrogen (secondary N) is 1. The highest BCUT2D eigenvalue weighted by molar-refractivity contribution is 6.44. The van der Waals surface area contributed by atoms with Gasteiger partial charge in [-0.05, 0) is 13.3 Å². The maximum Gasteiger partial charge on any atom is 0.273 e. The van der Waals surface area contributed by atoms with Crippen molar-refractivity contribution >= 4 is 29.1 Å². The van der Waals surface area contributed by atoms with Crippen molar-refractivity contribution in [3.8, 4) is 0 Å². The lowest BCUT2D eigenvalue weighted by Crippen LogP contribution is -2.40. The second kappa shape index (κ2) is 5.42. The van der Waals surface area contributed by atoms with E-state index < -0.39 is 12.1 Å². The van der Waals surface area contributed by atoms with E-state index in [2.05, 4.69) is 4.99 Å². The molecule has 0 aromatic carbocycles. The summed E-state index contributed by atoms with van der Waals surface area (Å²) >= 11 is 5.75. The van der Waals surface area contributed by atoms with E-state index in [1.165, 1.54) is 0 Å². The van der Waals surface area contributed by atoms with E-state index >= 15 is 0 Å². The third kappa shape index (κ3) is 2.56. The molecule has 1 aliphatic heterocycles. The Labute approximate surface area is 105 Å². The number of amides is 1. The van der Waals surface area contributed by atoms with Gasteiger partial charge in [-0.15, -0.1) is 0 Å². The molecule has 1 atom stereocenters. The Hall–Kier alpha value is -1.20. The minimum absolute atomic E-state index is 0.00580. The number of hydrogen-bond donors (Lipinski definition) is 2. The van der Waals surface area contributed by atoms with Crippen LogP contribution in [0.15, 0.2) is 15.6 Å². The molecule has 0 bridgehead atoms. The molecule has 1 heterocycles. The van der Waals surface area contributed by atoms with Crippen LogP contribution in [0.1, 0.15) is 26.7 Å². The number of hydrogen-bond acceptors (Lipinski definition) is 4. The van der Waals surface area contributed by atoms with Crippen molar-refractivity contribution in [2.24, 2.45) is 4.99 Å². The second-order valence-corrected chi connectivity index (χ2v) is 4.19. The SMILES string of the molecule is CCC(CC(=N)N1C(=O)C(Cl)=C(C)C1O)=NC. The Morgan fingerprint density at radius 2 is 2.24 bits per heavy atom. The average molecular weight is 258 g/mol. The first-order valence-corrected chi connectivity index (χ1v) is 5.71. The lowest BCUT2D eigenvalue weighted by molar-refractivity contribution is -0.125. The zero-order valence-electron chi connectivity index (χ0n) is 10.1. The molecule has 17 heavy (non-hydrogen) atoms. The molecule has 0 fully saturated rings. The third-order valence-electron chi connectivity index (χ3n) is 2.77. The van der Waals surface area contributed by atoms with Crippen LogP contribution in [0.2, 0.25) is 0 Å². The van der Waals surface area contributed by atoms with Crippen LogP contribution in [-0.2, 0) is 4.79 Å². The number of nitrogens with zero attached hydrogens (tertiary/aromatic N) is 2. The largest absolute Gasteiger partial charge is 0.369 e. The molecule has 0 radical (unpaired) electrons. The molecule has 1 rings (SSSR count). The zero-order valence-corrected chi connectivity index (χ0v) is 10.9. The molecule has 1 aliphatic rings. The Balaban J connectivity index is 2.83. The monoisotopic (exact) mass is 257 g/mol. The summed E-state index contributed by atoms with van der Waals surface area (Å²) < 4.78 is 0. The van der Waals surface area contributed by atoms with E-state index in [0.29, 0.717) is 12.0 Å². The first kappa shape index (κ1) is 13.9. The Morgan fingerprint density at radius 1 is 1.65 bits per heavy atom. The fourth-order valence-electron chi connectivity index (χ4n) is 1.60. The zero-order chi connectivity index (χ0) is 13.2. The van der Waals surface area contributed by atoms with E-state index in [0.717, 1.165) is 10.6 Å². The molecule has 0 aromatic heterocycles. The Morgan fingerprint density at radius 3 is 2.59 bits per heavy atom. The van der Waals surface area contributed by atoms with Crippen molar-refractivity contribution < 1.29 is 9.90 Å². The predicted molar refractivity (Wildman–Crippen MR) is 67.4 cm³/mol. The molecule has 0 aliphatic carbocycles. The summed E-state index contributed by atoms with van der Waals surface area (Å²) in [6.07, 6.45) is -0.179. The van der Waals surface area contributed by atoms with Crippen molar-refractivity contribution in [1.29, 1.82) is 5.41 Å². The highest BCUT2D eigenvalue weighted by Gasteiger charge is 2.37. The number of amidine groups is 1. The fraction of sp³-hybridized carbons (Fsp3) is 0.545. The molecule has 0 spiro atoms. The van der Waals surface area contributed by atoms with Crippen molar-refractivity contribution in [3.63, 3.8) is 0 Å². The number of aliphatic hydroxyl groups excluding tert-OH is 1. The van der Waals surface area contributed by atoms with Gasteiger partial charge in [-0.2, -0.15) is 0 Å². The van der Waals surface area contributed by atoms with E-state index in [1.54, 1.807) is 14.0 Å². The molecule has 0 aromatic rings. The van der Waals surface area contributed by atoms with Crippen LogP contribution in [0.5, 0.6) is 0 Å². The number of aliphatic imine (C=N–C) groups is 1. The quantitative estimate of drug-likeness (QED) is 0.594. The lowest BCUT2D eigenvalue weighted by Gasteiger charge is -2.22. The van der Waals surface area contributed by atoms with Gasteiger partial charge in [0.2, 0.25) is 0 Å². The molecule has 2 N–H and O–H groups in total. The van der Waals surface area contributed by atoms with Crippen LogP contribution < -0.4 is 0 Å². The maximum absolute atomic E-state index is 11.7. The van der Waals surface area contributed by atoms with Crippen molar-refractivity contribution in [2.45, 2.75) is 32.9 Å². The summed E-state index contributed by atoms with van der Waals surface area (Å²) in [4.78, 5) is 16.7. The van der Waals surface area contributed by atoms with Crippen molar-refractivity contribution in [1.82, 2.24) is 4.90 Å². The smallest absolute Gasteiger partial charge is 0.273 e. The lowest BCUT2D eigenvalue weighted by atomic mass is 10.2. The highest BCUT2D eigenvalue weighted by atomic mass is 35.5. The predicted octanol–water partition coefficient (Wildman–Crippen LogP) is 1.51. The summed E-state index contributed by atoms with van der Waals surface area (Å²) in [6, 6.07) is 0. The van der Waals surface area contributed by atoms with E-state index in [4.69, 9.17) is 17.0 Å². The van der Waals surface area contributed by atoms with Crippen LogP contribution in [0.3, 0.4) is 0 Å². The summed E-state index contributed by atoms with van der Waals surface area (Å²) in [6.45, 7) is 3.50. The summed E-state index contributed by atoms with van der Waals surface area (Å²) in [5.74, 6) is -0.506. The molecular formula is C11H16ClN3O2. The number of halogens is 1. The van der Waals surface area contributed by atoms with Gasteiger partial charge in [0.15, 0.2) is 6.23 Å². The summed E-state index contributed by atoms with van der Waals surface area (Å²) in [7, 11) is 1.64. The number of carbonyl (C=O) groups excluding carboxylic acids is 1. The van der Waals surface area contributed by atoms with Gasteiger partial charge in [0, 0.05) is 24.8 Å². The highest BCUT2D eigenvalue weighted by Crippen LogP contribution is 2.27. The molecule has 5 nitrogen and oxygen atoms in total. The van der Waals surface area contributed by atoms with Crippen molar-refractivity contribution in [3.05, 3.63) is 10.6 Å². The van der Waals surface area contributed by atoms with Gasteiger partial charge in [0.25, 0.3) is 5.91 Å². The van der Waals surface area contributed by atoms with Gasteiger partial charge in [-0.25, -0.2) is 0 Å². The van der Waals surface area contributed by atoms with Gasteiger partial charge in [0.05, 0.1) is 0 Å². The van der Waals surface area contributed by atoms with Crippen molar-refractivity contribution in [2.75, 3.05) is 7.05 Å². The van der Waals surface area contributed by atoms with E-state index in [-0.39, 0.29) is 17.3 Å². The first-order valence-electron chi connectivity index (χ1n) is 5.33. The molecule has 0 saturated carbocycles. The normalized spacial score (nSPS) is 21.5. The third-order valence-corrected chi connectivity index (χ3v) is 3.23. The molecule has 0 saturated heterocycles. The Bertz CT molecular complexity index is 415. The number of rotatable bonds is 3. The maximum atomic E-state index is 11.7. The second-order valence-electron chi connectivity index (χ2n) is 3.81. The van der Waals surface area contributed by atoms with Gasteiger partial charge in [0.1, 0.15) is 10.9 Å². The van der Waals surface area contributed by atoms with Crippen LogP contribution in [0.4, 0.5) is 0 Å². The molecule has 6 heteroatoms. The fourth-order valence-corrected chi connectivity index (χ4v) is 1.79. The standard InChI is InChI=1S/C11H16ClN3O2/c1-4-7(14-3)5-8(13)15-10(16)6(2)9(12)11(15)17/h10,13,16H,4-5H2,1-3H3. The number of carbonyl (C=O) groups is 1. The minimum Gasteiger partial charge on any atom is -0.369 e. The number of aliphatic hydroxyl groups is 1. The summed E-state index contributed by atoms with van der Waals surface area (Å²) in [5.41, 5.74) is 1.18. The van der Waals surface area contributed by atoms with E-state index in [9.17, 15) is 9.90 Å². The topological polar surface area (TPSA) is 76.8 Å². The molecule has 94 valence electrons. The van der Waals surface area contributed by atoms with E-state index in [1.807, 2.05) is 6.92 Å². The minimum atomic E-state index is -1.13. The van der Waals surface area contributed by atoms with Gasteiger partial charge >= 0.3 is 0 Å². The van der Waals surface area contributed by atoms with Gasteiger partial charge < -0.3 is 5.11 Å². The average Bonchev–Trinajstić information content (AvgIpc) is 2.50. The molecular weight excluding hydrogens is 242 g/mol.